The van der Waals surface area contributed by atoms with Crippen LogP contribution in [0.5, 0.6) is 0 Å². The Balaban J connectivity index is 1.50. The summed E-state index contributed by atoms with van der Waals surface area (Å²) in [6.45, 7) is 1.64. The minimum Gasteiger partial charge on any atom is -0.324 e. The van der Waals surface area contributed by atoms with Crippen molar-refractivity contribution in [3.8, 4) is 0 Å². The van der Waals surface area contributed by atoms with Crippen molar-refractivity contribution in [1.82, 2.24) is 5.01 Å². The zero-order chi connectivity index (χ0) is 20.7. The van der Waals surface area contributed by atoms with Gasteiger partial charge in [-0.15, -0.1) is 0 Å². The van der Waals surface area contributed by atoms with Gasteiger partial charge in [-0.3, -0.25) is 19.4 Å². The van der Waals surface area contributed by atoms with Crippen LogP contribution in [0.25, 0.3) is 0 Å². The van der Waals surface area contributed by atoms with Gasteiger partial charge in [-0.2, -0.15) is 5.11 Å². The molecule has 1 saturated heterocycles. The summed E-state index contributed by atoms with van der Waals surface area (Å²) in [5.74, 6) is -2.27. The first-order valence-electron chi connectivity index (χ1n) is 8.72. The van der Waals surface area contributed by atoms with Crippen LogP contribution in [-0.4, -0.2) is 41.4 Å². The number of imide groups is 1. The van der Waals surface area contributed by atoms with Crippen LogP contribution in [-0.2, 0) is 14.4 Å². The lowest BCUT2D eigenvalue weighted by atomic mass is 10.1. The highest BCUT2D eigenvalue weighted by Gasteiger charge is 2.55. The predicted octanol–water partition coefficient (Wildman–Crippen LogP) is 2.72. The lowest BCUT2D eigenvalue weighted by Gasteiger charge is -2.20. The predicted molar refractivity (Wildman–Crippen MR) is 103 cm³/mol. The smallest absolute Gasteiger partial charge is 0.263 e. The second kappa shape index (κ2) is 7.25. The average Bonchev–Trinajstić information content (AvgIpc) is 3.18. The van der Waals surface area contributed by atoms with Gasteiger partial charge in [0.25, 0.3) is 11.8 Å². The van der Waals surface area contributed by atoms with Gasteiger partial charge in [-0.05, 0) is 42.8 Å². The Hall–Kier alpha value is -3.33. The van der Waals surface area contributed by atoms with Crippen LogP contribution in [0.15, 0.2) is 52.8 Å². The molecule has 0 radical (unpaired) electrons. The lowest BCUT2D eigenvalue weighted by molar-refractivity contribution is -0.123. The first-order chi connectivity index (χ1) is 13.8. The number of aryl methyl sites for hydroxylation is 1. The van der Waals surface area contributed by atoms with Crippen molar-refractivity contribution in [2.24, 2.45) is 10.3 Å². The Labute approximate surface area is 169 Å². The quantitative estimate of drug-likeness (QED) is 0.777. The number of carbonyl (C=O) groups excluding carboxylic acids is 3. The van der Waals surface area contributed by atoms with Crippen LogP contribution >= 0.6 is 11.6 Å². The van der Waals surface area contributed by atoms with Gasteiger partial charge in [-0.1, -0.05) is 29.0 Å². The van der Waals surface area contributed by atoms with E-state index in [2.05, 4.69) is 15.7 Å². The minimum absolute atomic E-state index is 0.139. The van der Waals surface area contributed by atoms with E-state index in [1.807, 2.05) is 13.0 Å². The number of amides is 3. The summed E-state index contributed by atoms with van der Waals surface area (Å²) in [6.07, 6.45) is 0. The molecule has 2 aliphatic rings. The highest BCUT2D eigenvalue weighted by Crippen LogP contribution is 2.33. The number of benzene rings is 2. The standard InChI is InChI=1S/C19H15ClFN5O3/c1-10-3-2-4-11(7-10)22-15(27)9-25-17-16(23-24-25)18(28)26(19(17)29)12-5-6-14(21)13(20)8-12/h2-8,16-17H,9H2,1H3,(H,22,27)/t16-,17-/m1/s1. The van der Waals surface area contributed by atoms with Crippen LogP contribution < -0.4 is 10.2 Å². The van der Waals surface area contributed by atoms with Crippen molar-refractivity contribution in [3.63, 3.8) is 0 Å². The molecule has 3 amide bonds. The molecule has 29 heavy (non-hydrogen) atoms. The summed E-state index contributed by atoms with van der Waals surface area (Å²) < 4.78 is 13.4. The molecule has 8 nitrogen and oxygen atoms in total. The Morgan fingerprint density at radius 2 is 2.00 bits per heavy atom. The van der Waals surface area contributed by atoms with Gasteiger partial charge in [0.2, 0.25) is 5.91 Å². The molecule has 0 aliphatic carbocycles. The number of rotatable bonds is 4. The Morgan fingerprint density at radius 1 is 1.21 bits per heavy atom. The number of anilines is 2. The van der Waals surface area contributed by atoms with Gasteiger partial charge in [-0.25, -0.2) is 9.29 Å². The molecule has 2 aromatic carbocycles. The third kappa shape index (κ3) is 3.44. The van der Waals surface area contributed by atoms with E-state index in [0.717, 1.165) is 16.5 Å². The first kappa shape index (κ1) is 19.0. The molecule has 2 atom stereocenters. The summed E-state index contributed by atoms with van der Waals surface area (Å²) in [6, 6.07) is 8.70. The fourth-order valence-corrected chi connectivity index (χ4v) is 3.48. The van der Waals surface area contributed by atoms with E-state index < -0.39 is 35.6 Å². The van der Waals surface area contributed by atoms with E-state index in [9.17, 15) is 18.8 Å². The van der Waals surface area contributed by atoms with Crippen molar-refractivity contribution in [3.05, 3.63) is 58.9 Å². The van der Waals surface area contributed by atoms with Crippen molar-refractivity contribution in [1.29, 1.82) is 0 Å². The maximum atomic E-state index is 13.4. The lowest BCUT2D eigenvalue weighted by Crippen LogP contribution is -2.43. The van der Waals surface area contributed by atoms with Gasteiger partial charge in [0.1, 0.15) is 12.4 Å². The number of hydrogen-bond donors (Lipinski definition) is 1. The molecular weight excluding hydrogens is 401 g/mol. The molecule has 0 saturated carbocycles. The molecule has 1 N–H and O–H groups in total. The third-order valence-corrected chi connectivity index (χ3v) is 4.92. The van der Waals surface area contributed by atoms with E-state index in [1.165, 1.54) is 17.1 Å². The summed E-state index contributed by atoms with van der Waals surface area (Å²) in [7, 11) is 0. The zero-order valence-corrected chi connectivity index (χ0v) is 15.9. The van der Waals surface area contributed by atoms with Crippen LogP contribution in [0.3, 0.4) is 0 Å². The molecule has 2 aliphatic heterocycles. The number of fused-ring (bicyclic) bond motifs is 1. The maximum absolute atomic E-state index is 13.4. The Morgan fingerprint density at radius 3 is 2.72 bits per heavy atom. The van der Waals surface area contributed by atoms with E-state index in [0.29, 0.717) is 5.69 Å². The number of nitrogens with one attached hydrogen (secondary N) is 1. The highest BCUT2D eigenvalue weighted by molar-refractivity contribution is 6.32. The Bertz CT molecular complexity index is 1060. The second-order valence-electron chi connectivity index (χ2n) is 6.72. The number of nitrogens with zero attached hydrogens (tertiary/aromatic N) is 4. The van der Waals surface area contributed by atoms with Crippen molar-refractivity contribution < 1.29 is 18.8 Å². The molecule has 0 unspecified atom stereocenters. The molecule has 148 valence electrons. The van der Waals surface area contributed by atoms with Gasteiger partial charge in [0, 0.05) is 5.69 Å². The summed E-state index contributed by atoms with van der Waals surface area (Å²) in [4.78, 5) is 38.8. The molecule has 0 aromatic heterocycles. The van der Waals surface area contributed by atoms with E-state index >= 15 is 0 Å². The largest absolute Gasteiger partial charge is 0.324 e. The molecule has 0 spiro atoms. The first-order valence-corrected chi connectivity index (χ1v) is 9.10. The molecular formula is C19H15ClFN5O3. The van der Waals surface area contributed by atoms with Gasteiger partial charge >= 0.3 is 0 Å². The van der Waals surface area contributed by atoms with Gasteiger partial charge in [0.15, 0.2) is 12.1 Å². The van der Waals surface area contributed by atoms with Crippen LogP contribution in [0, 0.1) is 12.7 Å². The fourth-order valence-electron chi connectivity index (χ4n) is 3.30. The monoisotopic (exact) mass is 415 g/mol. The maximum Gasteiger partial charge on any atom is 0.263 e. The summed E-state index contributed by atoms with van der Waals surface area (Å²) in [5.41, 5.74) is 1.73. The summed E-state index contributed by atoms with van der Waals surface area (Å²) in [5, 5.41) is 11.4. The van der Waals surface area contributed by atoms with Gasteiger partial charge < -0.3 is 5.32 Å². The SMILES string of the molecule is Cc1cccc(NC(=O)CN2N=N[C@H]3C(=O)N(c4ccc(F)c(Cl)c4)C(=O)[C@@H]32)c1. The highest BCUT2D eigenvalue weighted by atomic mass is 35.5. The van der Waals surface area contributed by atoms with Crippen molar-refractivity contribution >= 4 is 40.7 Å². The third-order valence-electron chi connectivity index (χ3n) is 4.63. The summed E-state index contributed by atoms with van der Waals surface area (Å²) >= 11 is 5.76. The second-order valence-corrected chi connectivity index (χ2v) is 7.13. The van der Waals surface area contributed by atoms with Gasteiger partial charge in [0.05, 0.1) is 10.7 Å². The Kier molecular flexibility index (Phi) is 4.75. The molecule has 0 bridgehead atoms. The van der Waals surface area contributed by atoms with Crippen molar-refractivity contribution in [2.75, 3.05) is 16.8 Å². The molecule has 1 fully saturated rings. The van der Waals surface area contributed by atoms with E-state index in [1.54, 1.807) is 18.2 Å². The number of halogens is 2. The molecule has 2 heterocycles. The van der Waals surface area contributed by atoms with E-state index in [-0.39, 0.29) is 17.3 Å². The molecule has 10 heteroatoms. The number of hydrogen-bond acceptors (Lipinski definition) is 6. The average molecular weight is 416 g/mol. The van der Waals surface area contributed by atoms with Crippen LogP contribution in [0.4, 0.5) is 15.8 Å². The number of carbonyl (C=O) groups is 3. The normalized spacial score (nSPS) is 20.4. The topological polar surface area (TPSA) is 94.4 Å². The molecule has 2 aromatic rings. The zero-order valence-electron chi connectivity index (χ0n) is 15.2. The van der Waals surface area contributed by atoms with E-state index in [4.69, 9.17) is 11.6 Å². The van der Waals surface area contributed by atoms with Crippen LogP contribution in [0.2, 0.25) is 5.02 Å². The minimum atomic E-state index is -1.06. The fraction of sp³-hybridized carbons (Fsp3) is 0.211. The van der Waals surface area contributed by atoms with Crippen LogP contribution in [0.1, 0.15) is 5.56 Å². The molecule has 4 rings (SSSR count). The van der Waals surface area contributed by atoms with Crippen molar-refractivity contribution in [2.45, 2.75) is 19.0 Å².